The van der Waals surface area contributed by atoms with Crippen molar-refractivity contribution < 1.29 is 14.6 Å². The first kappa shape index (κ1) is 15.8. The van der Waals surface area contributed by atoms with E-state index in [1.54, 1.807) is 42.5 Å². The van der Waals surface area contributed by atoms with E-state index in [1.807, 2.05) is 0 Å². The van der Waals surface area contributed by atoms with Crippen LogP contribution in [0.1, 0.15) is 0 Å². The van der Waals surface area contributed by atoms with Gasteiger partial charge in [-0.15, -0.1) is 0 Å². The minimum absolute atomic E-state index is 0.0836. The number of anilines is 1. The number of aliphatic hydroxyl groups excluding tert-OH is 1. The number of hydrogen-bond donors (Lipinski definition) is 2. The summed E-state index contributed by atoms with van der Waals surface area (Å²) in [5.74, 6) is 1.14. The molecule has 2 aromatic carbocycles. The zero-order valence-corrected chi connectivity index (χ0v) is 12.6. The lowest BCUT2D eigenvalue weighted by atomic mass is 10.3. The molecule has 0 aliphatic carbocycles. The molecule has 21 heavy (non-hydrogen) atoms. The molecule has 0 bridgehead atoms. The van der Waals surface area contributed by atoms with Crippen molar-refractivity contribution in [3.05, 3.63) is 52.5 Å². The number of hydrogen-bond acceptors (Lipinski definition) is 4. The highest BCUT2D eigenvalue weighted by molar-refractivity contribution is 6.42. The summed E-state index contributed by atoms with van der Waals surface area (Å²) in [5, 5.41) is 10.7. The molecule has 4 nitrogen and oxygen atoms in total. The molecule has 0 fully saturated rings. The molecule has 0 aliphatic rings. The van der Waals surface area contributed by atoms with Crippen LogP contribution in [-0.4, -0.2) is 24.4 Å². The second-order valence-corrected chi connectivity index (χ2v) is 5.24. The number of nitrogens with two attached hydrogens (primary N) is 1. The fourth-order valence-corrected chi connectivity index (χ4v) is 1.89. The highest BCUT2D eigenvalue weighted by Gasteiger charge is 2.08. The largest absolute Gasteiger partial charge is 0.491 e. The Morgan fingerprint density at radius 1 is 0.952 bits per heavy atom. The Morgan fingerprint density at radius 2 is 1.62 bits per heavy atom. The highest BCUT2D eigenvalue weighted by atomic mass is 35.5. The van der Waals surface area contributed by atoms with Gasteiger partial charge in [-0.1, -0.05) is 29.3 Å². The first-order valence-corrected chi connectivity index (χ1v) is 7.04. The molecule has 0 spiro atoms. The number of halogens is 2. The van der Waals surface area contributed by atoms with Crippen molar-refractivity contribution in [1.29, 1.82) is 0 Å². The van der Waals surface area contributed by atoms with E-state index in [9.17, 15) is 5.11 Å². The number of nitrogen functional groups attached to an aromatic ring is 1. The molecule has 0 heterocycles. The van der Waals surface area contributed by atoms with Gasteiger partial charge < -0.3 is 20.3 Å². The number of rotatable bonds is 6. The van der Waals surface area contributed by atoms with Crippen molar-refractivity contribution in [2.24, 2.45) is 0 Å². The van der Waals surface area contributed by atoms with Crippen LogP contribution in [0, 0.1) is 0 Å². The van der Waals surface area contributed by atoms with Crippen LogP contribution < -0.4 is 15.2 Å². The standard InChI is InChI=1S/C15H15Cl2NO3/c16-14-5-4-13(7-15(14)17)21-9-11(19)8-20-12-3-1-2-10(18)6-12/h1-7,11,19H,8-9,18H2. The molecule has 0 aliphatic heterocycles. The molecule has 1 atom stereocenters. The summed E-state index contributed by atoms with van der Waals surface area (Å²) in [4.78, 5) is 0. The van der Waals surface area contributed by atoms with E-state index < -0.39 is 6.10 Å². The second kappa shape index (κ2) is 7.41. The molecule has 3 N–H and O–H groups in total. The summed E-state index contributed by atoms with van der Waals surface area (Å²) >= 11 is 11.7. The monoisotopic (exact) mass is 327 g/mol. The van der Waals surface area contributed by atoms with Gasteiger partial charge in [0.25, 0.3) is 0 Å². The number of aliphatic hydroxyl groups is 1. The summed E-state index contributed by atoms with van der Waals surface area (Å²) in [6.45, 7) is 0.186. The normalized spacial score (nSPS) is 12.0. The van der Waals surface area contributed by atoms with Crippen LogP contribution in [0.5, 0.6) is 11.5 Å². The molecule has 6 heteroatoms. The van der Waals surface area contributed by atoms with Gasteiger partial charge in [0.1, 0.15) is 30.8 Å². The summed E-state index contributed by atoms with van der Waals surface area (Å²) < 4.78 is 10.8. The van der Waals surface area contributed by atoms with Crippen molar-refractivity contribution in [2.45, 2.75) is 6.10 Å². The Morgan fingerprint density at radius 3 is 2.24 bits per heavy atom. The van der Waals surface area contributed by atoms with E-state index in [0.717, 1.165) is 0 Å². The van der Waals surface area contributed by atoms with Crippen molar-refractivity contribution in [2.75, 3.05) is 18.9 Å². The van der Waals surface area contributed by atoms with Gasteiger partial charge in [-0.05, 0) is 24.3 Å². The van der Waals surface area contributed by atoms with Crippen molar-refractivity contribution in [1.82, 2.24) is 0 Å². The predicted molar refractivity (Wildman–Crippen MR) is 84.3 cm³/mol. The molecule has 2 rings (SSSR count). The summed E-state index contributed by atoms with van der Waals surface area (Å²) in [6.07, 6.45) is -0.777. The number of ether oxygens (including phenoxy) is 2. The summed E-state index contributed by atoms with van der Waals surface area (Å²) in [5.41, 5.74) is 6.24. The molecule has 0 saturated heterocycles. The van der Waals surface area contributed by atoms with Crippen molar-refractivity contribution >= 4 is 28.9 Å². The van der Waals surface area contributed by atoms with Gasteiger partial charge in [0.15, 0.2) is 0 Å². The van der Waals surface area contributed by atoms with Gasteiger partial charge in [0.2, 0.25) is 0 Å². The zero-order valence-electron chi connectivity index (χ0n) is 11.1. The minimum atomic E-state index is -0.777. The van der Waals surface area contributed by atoms with Crippen LogP contribution in [-0.2, 0) is 0 Å². The first-order chi connectivity index (χ1) is 10.0. The van der Waals surface area contributed by atoms with E-state index in [4.69, 9.17) is 38.4 Å². The smallest absolute Gasteiger partial charge is 0.122 e. The maximum atomic E-state index is 9.82. The Balaban J connectivity index is 1.79. The lowest BCUT2D eigenvalue weighted by molar-refractivity contribution is 0.0627. The molecular weight excluding hydrogens is 313 g/mol. The van der Waals surface area contributed by atoms with Crippen LogP contribution in [0.25, 0.3) is 0 Å². The molecule has 0 saturated carbocycles. The molecule has 1 unspecified atom stereocenters. The lowest BCUT2D eigenvalue weighted by Crippen LogP contribution is -2.25. The highest BCUT2D eigenvalue weighted by Crippen LogP contribution is 2.26. The molecule has 112 valence electrons. The Bertz CT molecular complexity index is 607. The van der Waals surface area contributed by atoms with Gasteiger partial charge in [-0.2, -0.15) is 0 Å². The zero-order chi connectivity index (χ0) is 15.2. The number of benzene rings is 2. The average Bonchev–Trinajstić information content (AvgIpc) is 2.46. The SMILES string of the molecule is Nc1cccc(OCC(O)COc2ccc(Cl)c(Cl)c2)c1. The average molecular weight is 328 g/mol. The first-order valence-electron chi connectivity index (χ1n) is 6.29. The lowest BCUT2D eigenvalue weighted by Gasteiger charge is -2.14. The third-order valence-corrected chi connectivity index (χ3v) is 3.37. The van der Waals surface area contributed by atoms with Crippen LogP contribution >= 0.6 is 23.2 Å². The molecular formula is C15H15Cl2NO3. The quantitative estimate of drug-likeness (QED) is 0.798. The van der Waals surface area contributed by atoms with Crippen molar-refractivity contribution in [3.63, 3.8) is 0 Å². The van der Waals surface area contributed by atoms with Gasteiger partial charge in [-0.3, -0.25) is 0 Å². The van der Waals surface area contributed by atoms with Crippen LogP contribution in [0.2, 0.25) is 10.0 Å². The topological polar surface area (TPSA) is 64.7 Å². The van der Waals surface area contributed by atoms with E-state index in [-0.39, 0.29) is 13.2 Å². The van der Waals surface area contributed by atoms with Gasteiger partial charge in [0.05, 0.1) is 10.0 Å². The minimum Gasteiger partial charge on any atom is -0.491 e. The maximum absolute atomic E-state index is 9.82. The summed E-state index contributed by atoms with van der Waals surface area (Å²) in [7, 11) is 0. The van der Waals surface area contributed by atoms with Gasteiger partial charge in [0, 0.05) is 17.8 Å². The molecule has 0 amide bonds. The van der Waals surface area contributed by atoms with E-state index in [0.29, 0.717) is 27.2 Å². The molecule has 2 aromatic rings. The van der Waals surface area contributed by atoms with Gasteiger partial charge >= 0.3 is 0 Å². The Kier molecular flexibility index (Phi) is 5.56. The maximum Gasteiger partial charge on any atom is 0.122 e. The van der Waals surface area contributed by atoms with E-state index in [2.05, 4.69) is 0 Å². The van der Waals surface area contributed by atoms with Crippen LogP contribution in [0.15, 0.2) is 42.5 Å². The second-order valence-electron chi connectivity index (χ2n) is 4.42. The molecule has 0 radical (unpaired) electrons. The Hall–Kier alpha value is -1.62. The fraction of sp³-hybridized carbons (Fsp3) is 0.200. The van der Waals surface area contributed by atoms with Gasteiger partial charge in [-0.25, -0.2) is 0 Å². The molecule has 0 aromatic heterocycles. The summed E-state index contributed by atoms with van der Waals surface area (Å²) in [6, 6.07) is 11.9. The third-order valence-electron chi connectivity index (χ3n) is 2.63. The fourth-order valence-electron chi connectivity index (χ4n) is 1.60. The van der Waals surface area contributed by atoms with Crippen molar-refractivity contribution in [3.8, 4) is 11.5 Å². The van der Waals surface area contributed by atoms with E-state index >= 15 is 0 Å². The Labute approximate surface area is 133 Å². The van der Waals surface area contributed by atoms with Crippen LogP contribution in [0.3, 0.4) is 0 Å². The third kappa shape index (κ3) is 5.01. The van der Waals surface area contributed by atoms with Crippen LogP contribution in [0.4, 0.5) is 5.69 Å². The predicted octanol–water partition coefficient (Wildman–Crippen LogP) is 3.39. The van der Waals surface area contributed by atoms with E-state index in [1.165, 1.54) is 0 Å².